The molecule has 3 nitrogen and oxygen atoms in total. The molecule has 1 aliphatic rings. The maximum absolute atomic E-state index is 13.2. The summed E-state index contributed by atoms with van der Waals surface area (Å²) in [6.07, 6.45) is 3.17. The molecule has 2 rings (SSSR count). The predicted molar refractivity (Wildman–Crippen MR) is 45.6 cm³/mol. The number of nitrogens with one attached hydrogen (secondary N) is 1. The molecule has 2 heterocycles. The van der Waals surface area contributed by atoms with Gasteiger partial charge in [-0.15, -0.1) is 0 Å². The average Bonchev–Trinajstić information content (AvgIpc) is 2.54. The normalized spacial score (nSPS) is 27.8. The molecule has 0 amide bonds. The van der Waals surface area contributed by atoms with Crippen molar-refractivity contribution in [1.29, 1.82) is 0 Å². The zero-order valence-corrected chi connectivity index (χ0v) is 7.13. The zero-order chi connectivity index (χ0) is 9.31. The molecular weight excluding hydrogens is 171 g/mol. The smallest absolute Gasteiger partial charge is 0.147 e. The molecule has 1 aromatic rings. The predicted octanol–water partition coefficient (Wildman–Crippen LogP) is 0.402. The quantitative estimate of drug-likeness (QED) is 0.661. The van der Waals surface area contributed by atoms with Crippen LogP contribution in [0.3, 0.4) is 0 Å². The van der Waals surface area contributed by atoms with Gasteiger partial charge in [0.1, 0.15) is 11.4 Å². The number of aromatic nitrogens is 1. The van der Waals surface area contributed by atoms with E-state index in [0.717, 1.165) is 12.7 Å². The molecule has 0 saturated carbocycles. The van der Waals surface area contributed by atoms with Crippen LogP contribution in [0.25, 0.3) is 0 Å². The Labute approximate surface area is 75.6 Å². The maximum atomic E-state index is 13.2. The van der Waals surface area contributed by atoms with Crippen LogP contribution in [0.5, 0.6) is 0 Å². The molecule has 1 aromatic heterocycles. The van der Waals surface area contributed by atoms with E-state index < -0.39 is 11.4 Å². The van der Waals surface area contributed by atoms with E-state index >= 15 is 0 Å². The van der Waals surface area contributed by atoms with Crippen molar-refractivity contribution in [3.63, 3.8) is 0 Å². The number of β-amino-alcohol motifs (C(OH)–C–C–N with tert-alkyl or cyclic N) is 1. The topological polar surface area (TPSA) is 45.2 Å². The minimum Gasteiger partial charge on any atom is -0.384 e. The lowest BCUT2D eigenvalue weighted by Gasteiger charge is -2.21. The Balaban J connectivity index is 2.39. The van der Waals surface area contributed by atoms with Gasteiger partial charge in [0.25, 0.3) is 0 Å². The lowest BCUT2D eigenvalue weighted by Crippen LogP contribution is -2.29. The molecule has 13 heavy (non-hydrogen) atoms. The van der Waals surface area contributed by atoms with Crippen molar-refractivity contribution in [3.8, 4) is 0 Å². The summed E-state index contributed by atoms with van der Waals surface area (Å²) in [5.74, 6) is -0.436. The first kappa shape index (κ1) is 8.59. The number of aliphatic hydroxyl groups is 1. The van der Waals surface area contributed by atoms with Gasteiger partial charge >= 0.3 is 0 Å². The van der Waals surface area contributed by atoms with Crippen LogP contribution in [0.1, 0.15) is 12.0 Å². The number of nitrogens with zero attached hydrogens (tertiary/aromatic N) is 1. The molecule has 1 unspecified atom stereocenters. The minimum atomic E-state index is -1.05. The van der Waals surface area contributed by atoms with E-state index in [4.69, 9.17) is 0 Å². The van der Waals surface area contributed by atoms with E-state index in [-0.39, 0.29) is 0 Å². The van der Waals surface area contributed by atoms with E-state index in [1.54, 1.807) is 0 Å². The van der Waals surface area contributed by atoms with Crippen molar-refractivity contribution in [1.82, 2.24) is 10.3 Å². The lowest BCUT2D eigenvalue weighted by atomic mass is 9.94. The second-order valence-electron chi connectivity index (χ2n) is 3.31. The Morgan fingerprint density at radius 2 is 2.46 bits per heavy atom. The summed E-state index contributed by atoms with van der Waals surface area (Å²) in [5, 5.41) is 13.0. The fourth-order valence-electron chi connectivity index (χ4n) is 1.66. The Morgan fingerprint density at radius 1 is 1.62 bits per heavy atom. The standard InChI is InChI=1S/C9H11FN2O/c10-8-5-11-3-1-7(8)9(13)2-4-12-6-9/h1,3,5,12-13H,2,4,6H2. The van der Waals surface area contributed by atoms with Crippen LogP contribution in [0, 0.1) is 5.82 Å². The molecule has 2 N–H and O–H groups in total. The molecule has 1 saturated heterocycles. The van der Waals surface area contributed by atoms with E-state index in [1.165, 1.54) is 12.3 Å². The number of hydrogen-bond donors (Lipinski definition) is 2. The summed E-state index contributed by atoms with van der Waals surface area (Å²) in [5.41, 5.74) is -0.708. The third kappa shape index (κ3) is 1.43. The maximum Gasteiger partial charge on any atom is 0.147 e. The Hall–Kier alpha value is -1.00. The van der Waals surface area contributed by atoms with Crippen LogP contribution in [0.4, 0.5) is 4.39 Å². The molecule has 1 atom stereocenters. The van der Waals surface area contributed by atoms with Crippen LogP contribution in [0.15, 0.2) is 18.5 Å². The average molecular weight is 182 g/mol. The van der Waals surface area contributed by atoms with E-state index in [9.17, 15) is 9.50 Å². The van der Waals surface area contributed by atoms with Gasteiger partial charge in [-0.05, 0) is 19.0 Å². The first-order valence-electron chi connectivity index (χ1n) is 4.25. The summed E-state index contributed by atoms with van der Waals surface area (Å²) in [6.45, 7) is 1.13. The van der Waals surface area contributed by atoms with Crippen molar-refractivity contribution in [3.05, 3.63) is 29.8 Å². The van der Waals surface area contributed by atoms with Gasteiger partial charge < -0.3 is 10.4 Å². The molecule has 0 radical (unpaired) electrons. The van der Waals surface area contributed by atoms with Gasteiger partial charge in [0.05, 0.1) is 6.20 Å². The number of pyridine rings is 1. The summed E-state index contributed by atoms with van der Waals surface area (Å²) >= 11 is 0. The molecule has 0 aliphatic carbocycles. The van der Waals surface area contributed by atoms with Gasteiger partial charge in [-0.2, -0.15) is 0 Å². The molecule has 0 aromatic carbocycles. The van der Waals surface area contributed by atoms with E-state index in [1.807, 2.05) is 0 Å². The third-order valence-electron chi connectivity index (χ3n) is 2.41. The van der Waals surface area contributed by atoms with Gasteiger partial charge in [-0.1, -0.05) is 0 Å². The lowest BCUT2D eigenvalue weighted by molar-refractivity contribution is 0.0548. The van der Waals surface area contributed by atoms with Gasteiger partial charge in [0.15, 0.2) is 0 Å². The minimum absolute atomic E-state index is 0.340. The van der Waals surface area contributed by atoms with Crippen molar-refractivity contribution < 1.29 is 9.50 Å². The molecule has 0 spiro atoms. The number of halogens is 1. The Bertz CT molecular complexity index is 310. The number of hydrogen-bond acceptors (Lipinski definition) is 3. The molecule has 0 bridgehead atoms. The van der Waals surface area contributed by atoms with Crippen LogP contribution < -0.4 is 5.32 Å². The molecule has 1 fully saturated rings. The van der Waals surface area contributed by atoms with Crippen LogP contribution >= 0.6 is 0 Å². The molecule has 70 valence electrons. The Kier molecular flexibility index (Phi) is 2.01. The highest BCUT2D eigenvalue weighted by Gasteiger charge is 2.35. The first-order chi connectivity index (χ1) is 6.22. The highest BCUT2D eigenvalue weighted by molar-refractivity contribution is 5.23. The zero-order valence-electron chi connectivity index (χ0n) is 7.13. The molecule has 4 heteroatoms. The highest BCUT2D eigenvalue weighted by atomic mass is 19.1. The van der Waals surface area contributed by atoms with Crippen molar-refractivity contribution >= 4 is 0 Å². The second-order valence-corrected chi connectivity index (χ2v) is 3.31. The van der Waals surface area contributed by atoms with Gasteiger partial charge in [0, 0.05) is 18.3 Å². The van der Waals surface area contributed by atoms with Gasteiger partial charge in [0.2, 0.25) is 0 Å². The summed E-state index contributed by atoms with van der Waals surface area (Å²) in [6, 6.07) is 1.53. The van der Waals surface area contributed by atoms with Gasteiger partial charge in [-0.3, -0.25) is 4.98 Å². The van der Waals surface area contributed by atoms with Crippen LogP contribution in [-0.2, 0) is 5.60 Å². The molecular formula is C9H11FN2O. The van der Waals surface area contributed by atoms with Crippen LogP contribution in [0.2, 0.25) is 0 Å². The summed E-state index contributed by atoms with van der Waals surface area (Å²) in [7, 11) is 0. The summed E-state index contributed by atoms with van der Waals surface area (Å²) in [4.78, 5) is 3.64. The number of rotatable bonds is 1. The van der Waals surface area contributed by atoms with Crippen molar-refractivity contribution in [2.45, 2.75) is 12.0 Å². The van der Waals surface area contributed by atoms with Crippen molar-refractivity contribution in [2.75, 3.05) is 13.1 Å². The van der Waals surface area contributed by atoms with Gasteiger partial charge in [-0.25, -0.2) is 4.39 Å². The van der Waals surface area contributed by atoms with E-state index in [2.05, 4.69) is 10.3 Å². The Morgan fingerprint density at radius 3 is 3.08 bits per heavy atom. The first-order valence-corrected chi connectivity index (χ1v) is 4.25. The van der Waals surface area contributed by atoms with Crippen LogP contribution in [-0.4, -0.2) is 23.2 Å². The molecule has 1 aliphatic heterocycles. The van der Waals surface area contributed by atoms with Crippen molar-refractivity contribution in [2.24, 2.45) is 0 Å². The second kappa shape index (κ2) is 3.05. The fourth-order valence-corrected chi connectivity index (χ4v) is 1.66. The fraction of sp³-hybridized carbons (Fsp3) is 0.444. The summed E-state index contributed by atoms with van der Waals surface area (Å²) < 4.78 is 13.2. The SMILES string of the molecule is OC1(c2ccncc2F)CCNC1. The van der Waals surface area contributed by atoms with E-state index in [0.29, 0.717) is 18.5 Å². The third-order valence-corrected chi connectivity index (χ3v) is 2.41. The largest absolute Gasteiger partial charge is 0.384 e. The monoisotopic (exact) mass is 182 g/mol. The highest BCUT2D eigenvalue weighted by Crippen LogP contribution is 2.28.